The lowest BCUT2D eigenvalue weighted by molar-refractivity contribution is -0.121. The second-order valence-corrected chi connectivity index (χ2v) is 8.01. The van der Waals surface area contributed by atoms with Crippen molar-refractivity contribution >= 4 is 17.5 Å². The molecule has 2 aromatic rings. The van der Waals surface area contributed by atoms with Crippen LogP contribution in [0.3, 0.4) is 0 Å². The molecule has 0 spiro atoms. The molecule has 2 aromatic carbocycles. The molecule has 1 aliphatic heterocycles. The zero-order valence-electron chi connectivity index (χ0n) is 15.8. The van der Waals surface area contributed by atoms with Gasteiger partial charge in [-0.3, -0.25) is 4.79 Å². The first-order valence-corrected chi connectivity index (χ1v) is 9.84. The van der Waals surface area contributed by atoms with E-state index in [2.05, 4.69) is 17.6 Å². The van der Waals surface area contributed by atoms with Gasteiger partial charge in [0.25, 0.3) is 0 Å². The molecular formula is C22H27ClN2O2. The minimum atomic E-state index is 0.0598. The van der Waals surface area contributed by atoms with Gasteiger partial charge in [-0.25, -0.2) is 0 Å². The number of hydrogen-bond donors (Lipinski definition) is 2. The number of carbonyl (C=O) groups is 1. The lowest BCUT2D eigenvalue weighted by atomic mass is 9.81. The first-order valence-electron chi connectivity index (χ1n) is 9.46. The Kier molecular flexibility index (Phi) is 6.75. The number of hydrogen-bond acceptors (Lipinski definition) is 3. The molecule has 0 saturated carbocycles. The number of rotatable bonds is 7. The lowest BCUT2D eigenvalue weighted by Gasteiger charge is -2.34. The number of amides is 1. The van der Waals surface area contributed by atoms with E-state index >= 15 is 0 Å². The molecule has 4 nitrogen and oxygen atoms in total. The standard InChI is InChI=1S/C22H27ClN2O2/c1-22(9-11-24-12-10-22)16-25-21(26)14-18-3-2-4-20(13-18)27-15-17-5-7-19(23)8-6-17/h2-8,13,24H,9-12,14-16H2,1H3,(H,25,26). The molecule has 1 heterocycles. The largest absolute Gasteiger partial charge is 0.489 e. The maximum absolute atomic E-state index is 12.3. The number of halogens is 1. The highest BCUT2D eigenvalue weighted by molar-refractivity contribution is 6.30. The third-order valence-electron chi connectivity index (χ3n) is 5.10. The normalized spacial score (nSPS) is 15.9. The van der Waals surface area contributed by atoms with E-state index in [0.717, 1.165) is 49.4 Å². The summed E-state index contributed by atoms with van der Waals surface area (Å²) in [6.45, 7) is 5.51. The van der Waals surface area contributed by atoms with Crippen LogP contribution in [-0.4, -0.2) is 25.5 Å². The predicted octanol–water partition coefficient (Wildman–Crippen LogP) is 3.97. The highest BCUT2D eigenvalue weighted by Gasteiger charge is 2.26. The van der Waals surface area contributed by atoms with Crippen LogP contribution < -0.4 is 15.4 Å². The Bertz CT molecular complexity index is 755. The average molecular weight is 387 g/mol. The summed E-state index contributed by atoms with van der Waals surface area (Å²) in [6, 6.07) is 15.3. The highest BCUT2D eigenvalue weighted by Crippen LogP contribution is 2.26. The molecule has 0 aliphatic carbocycles. The van der Waals surface area contributed by atoms with E-state index in [1.165, 1.54) is 0 Å². The number of benzene rings is 2. The summed E-state index contributed by atoms with van der Waals surface area (Å²) >= 11 is 5.90. The molecule has 144 valence electrons. The first-order chi connectivity index (χ1) is 13.0. The SMILES string of the molecule is CC1(CNC(=O)Cc2cccc(OCc3ccc(Cl)cc3)c2)CCNCC1. The number of piperidine rings is 1. The Hall–Kier alpha value is -2.04. The van der Waals surface area contributed by atoms with Crippen LogP contribution in [0.4, 0.5) is 0 Å². The fourth-order valence-electron chi connectivity index (χ4n) is 3.26. The van der Waals surface area contributed by atoms with Crippen molar-refractivity contribution in [1.29, 1.82) is 0 Å². The maximum Gasteiger partial charge on any atom is 0.224 e. The second-order valence-electron chi connectivity index (χ2n) is 7.58. The van der Waals surface area contributed by atoms with Gasteiger partial charge < -0.3 is 15.4 Å². The van der Waals surface area contributed by atoms with E-state index in [1.54, 1.807) is 0 Å². The van der Waals surface area contributed by atoms with Gasteiger partial charge in [-0.15, -0.1) is 0 Å². The molecule has 2 N–H and O–H groups in total. The second kappa shape index (κ2) is 9.25. The van der Waals surface area contributed by atoms with E-state index in [0.29, 0.717) is 18.1 Å². The van der Waals surface area contributed by atoms with Gasteiger partial charge in [-0.05, 0) is 66.7 Å². The molecular weight excluding hydrogens is 360 g/mol. The quantitative estimate of drug-likeness (QED) is 0.757. The van der Waals surface area contributed by atoms with Crippen molar-refractivity contribution in [2.75, 3.05) is 19.6 Å². The highest BCUT2D eigenvalue weighted by atomic mass is 35.5. The van der Waals surface area contributed by atoms with Gasteiger partial charge >= 0.3 is 0 Å². The van der Waals surface area contributed by atoms with Crippen molar-refractivity contribution in [1.82, 2.24) is 10.6 Å². The molecule has 0 radical (unpaired) electrons. The van der Waals surface area contributed by atoms with Crippen LogP contribution in [0.5, 0.6) is 5.75 Å². The van der Waals surface area contributed by atoms with Crippen LogP contribution in [0.1, 0.15) is 30.9 Å². The monoisotopic (exact) mass is 386 g/mol. The van der Waals surface area contributed by atoms with Crippen molar-refractivity contribution < 1.29 is 9.53 Å². The van der Waals surface area contributed by atoms with Gasteiger partial charge in [0.05, 0.1) is 6.42 Å². The Morgan fingerprint density at radius 1 is 1.15 bits per heavy atom. The number of nitrogens with one attached hydrogen (secondary N) is 2. The van der Waals surface area contributed by atoms with Crippen LogP contribution in [0.2, 0.25) is 5.02 Å². The molecule has 1 amide bonds. The Balaban J connectivity index is 1.49. The topological polar surface area (TPSA) is 50.4 Å². The molecule has 3 rings (SSSR count). The third kappa shape index (κ3) is 6.26. The predicted molar refractivity (Wildman–Crippen MR) is 109 cm³/mol. The molecule has 0 bridgehead atoms. The Morgan fingerprint density at radius 2 is 1.89 bits per heavy atom. The van der Waals surface area contributed by atoms with Crippen LogP contribution >= 0.6 is 11.6 Å². The summed E-state index contributed by atoms with van der Waals surface area (Å²) in [6.07, 6.45) is 2.56. The van der Waals surface area contributed by atoms with Crippen molar-refractivity contribution in [3.05, 3.63) is 64.7 Å². The molecule has 1 saturated heterocycles. The zero-order chi connectivity index (χ0) is 19.1. The summed E-state index contributed by atoms with van der Waals surface area (Å²) < 4.78 is 5.84. The van der Waals surface area contributed by atoms with E-state index in [9.17, 15) is 4.79 Å². The fourth-order valence-corrected chi connectivity index (χ4v) is 3.39. The van der Waals surface area contributed by atoms with Crippen LogP contribution in [0.15, 0.2) is 48.5 Å². The molecule has 1 fully saturated rings. The van der Waals surface area contributed by atoms with Crippen LogP contribution in [0.25, 0.3) is 0 Å². The maximum atomic E-state index is 12.3. The fraction of sp³-hybridized carbons (Fsp3) is 0.409. The molecule has 5 heteroatoms. The number of ether oxygens (including phenoxy) is 1. The van der Waals surface area contributed by atoms with Gasteiger partial charge in [0.15, 0.2) is 0 Å². The van der Waals surface area contributed by atoms with Crippen molar-refractivity contribution in [3.63, 3.8) is 0 Å². The minimum Gasteiger partial charge on any atom is -0.489 e. The van der Waals surface area contributed by atoms with Crippen molar-refractivity contribution in [3.8, 4) is 5.75 Å². The summed E-state index contributed by atoms with van der Waals surface area (Å²) in [4.78, 5) is 12.3. The Morgan fingerprint density at radius 3 is 2.63 bits per heavy atom. The summed E-state index contributed by atoms with van der Waals surface area (Å²) in [5.74, 6) is 0.824. The third-order valence-corrected chi connectivity index (χ3v) is 5.36. The smallest absolute Gasteiger partial charge is 0.224 e. The van der Waals surface area contributed by atoms with Gasteiger partial charge in [0.2, 0.25) is 5.91 Å². The summed E-state index contributed by atoms with van der Waals surface area (Å²) in [7, 11) is 0. The van der Waals surface area contributed by atoms with Gasteiger partial charge in [-0.1, -0.05) is 42.8 Å². The van der Waals surface area contributed by atoms with E-state index < -0.39 is 0 Å². The van der Waals surface area contributed by atoms with E-state index in [1.807, 2.05) is 48.5 Å². The van der Waals surface area contributed by atoms with Gasteiger partial charge in [-0.2, -0.15) is 0 Å². The van der Waals surface area contributed by atoms with Crippen molar-refractivity contribution in [2.45, 2.75) is 32.8 Å². The molecule has 1 aliphatic rings. The van der Waals surface area contributed by atoms with Crippen LogP contribution in [-0.2, 0) is 17.8 Å². The average Bonchev–Trinajstić information content (AvgIpc) is 2.67. The Labute approximate surface area is 166 Å². The van der Waals surface area contributed by atoms with Gasteiger partial charge in [0.1, 0.15) is 12.4 Å². The van der Waals surface area contributed by atoms with E-state index in [-0.39, 0.29) is 11.3 Å². The lowest BCUT2D eigenvalue weighted by Crippen LogP contribution is -2.43. The summed E-state index contributed by atoms with van der Waals surface area (Å²) in [5, 5.41) is 7.18. The summed E-state index contributed by atoms with van der Waals surface area (Å²) in [5.41, 5.74) is 2.21. The molecule has 0 atom stereocenters. The zero-order valence-corrected chi connectivity index (χ0v) is 16.5. The molecule has 0 aromatic heterocycles. The minimum absolute atomic E-state index is 0.0598. The van der Waals surface area contributed by atoms with Crippen molar-refractivity contribution in [2.24, 2.45) is 5.41 Å². The van der Waals surface area contributed by atoms with Crippen LogP contribution in [0, 0.1) is 5.41 Å². The van der Waals surface area contributed by atoms with E-state index in [4.69, 9.17) is 16.3 Å². The molecule has 0 unspecified atom stereocenters. The molecule has 27 heavy (non-hydrogen) atoms. The number of carbonyl (C=O) groups excluding carboxylic acids is 1. The van der Waals surface area contributed by atoms with Gasteiger partial charge in [0, 0.05) is 11.6 Å². The first kappa shape index (κ1) is 19.7.